The van der Waals surface area contributed by atoms with E-state index < -0.39 is 0 Å². The summed E-state index contributed by atoms with van der Waals surface area (Å²) in [6.45, 7) is 7.04. The molecule has 104 valence electrons. The molecule has 0 aliphatic carbocycles. The fourth-order valence-electron chi connectivity index (χ4n) is 1.56. The summed E-state index contributed by atoms with van der Waals surface area (Å²) in [4.78, 5) is 28.7. The van der Waals surface area contributed by atoms with Gasteiger partial charge in [0.15, 0.2) is 0 Å². The topological polar surface area (TPSA) is 91.0 Å². The Bertz CT molecular complexity index is 494. The molecule has 1 aliphatic rings. The average molecular weight is 283 g/mol. The molecule has 1 saturated heterocycles. The zero-order valence-electron chi connectivity index (χ0n) is 11.2. The molecule has 8 heteroatoms. The van der Waals surface area contributed by atoms with Crippen LogP contribution < -0.4 is 5.32 Å². The van der Waals surface area contributed by atoms with Gasteiger partial charge in [-0.3, -0.25) is 14.8 Å². The number of nitrogens with one attached hydrogen (secondary N) is 2. The number of amides is 3. The minimum atomic E-state index is -0.323. The Labute approximate surface area is 115 Å². The first kappa shape index (κ1) is 13.9. The van der Waals surface area contributed by atoms with Gasteiger partial charge in [-0.25, -0.2) is 9.78 Å². The van der Waals surface area contributed by atoms with E-state index in [1.165, 1.54) is 16.7 Å². The largest absolute Gasteiger partial charge is 0.336 e. The van der Waals surface area contributed by atoms with E-state index in [1.807, 2.05) is 20.8 Å². The SMILES string of the molecule is CC(C)(C)c1nc(SCC(=O)N2CCNC2=O)n[nH]1. The summed E-state index contributed by atoms with van der Waals surface area (Å²) in [6, 6.07) is -0.323. The third-order valence-corrected chi connectivity index (χ3v) is 3.49. The molecule has 0 atom stereocenters. The van der Waals surface area contributed by atoms with Crippen LogP contribution in [0.5, 0.6) is 0 Å². The van der Waals surface area contributed by atoms with Crippen molar-refractivity contribution in [3.8, 4) is 0 Å². The lowest BCUT2D eigenvalue weighted by atomic mass is 9.96. The summed E-state index contributed by atoms with van der Waals surface area (Å²) in [5, 5.41) is 10.0. The molecule has 0 radical (unpaired) electrons. The van der Waals surface area contributed by atoms with Crippen molar-refractivity contribution in [2.45, 2.75) is 31.3 Å². The molecule has 0 saturated carbocycles. The number of thioether (sulfide) groups is 1. The molecule has 2 heterocycles. The van der Waals surface area contributed by atoms with Crippen LogP contribution in [0.15, 0.2) is 5.16 Å². The van der Waals surface area contributed by atoms with E-state index in [0.29, 0.717) is 18.2 Å². The van der Waals surface area contributed by atoms with Crippen molar-refractivity contribution >= 4 is 23.7 Å². The number of hydrogen-bond acceptors (Lipinski definition) is 5. The molecule has 1 fully saturated rings. The standard InChI is InChI=1S/C11H17N5O2S/c1-11(2,3)8-13-9(15-14-8)19-6-7(17)16-5-4-12-10(16)18/h4-6H2,1-3H3,(H,12,18)(H,13,14,15). The van der Waals surface area contributed by atoms with Crippen molar-refractivity contribution in [1.82, 2.24) is 25.4 Å². The van der Waals surface area contributed by atoms with Crippen LogP contribution in [0.25, 0.3) is 0 Å². The normalized spacial score (nSPS) is 15.7. The van der Waals surface area contributed by atoms with E-state index in [0.717, 1.165) is 5.82 Å². The molecule has 0 bridgehead atoms. The maximum Gasteiger partial charge on any atom is 0.324 e. The molecule has 0 spiro atoms. The van der Waals surface area contributed by atoms with Gasteiger partial charge in [0.1, 0.15) is 5.82 Å². The fourth-order valence-corrected chi connectivity index (χ4v) is 2.23. The third-order valence-electron chi connectivity index (χ3n) is 2.66. The Morgan fingerprint density at radius 1 is 1.47 bits per heavy atom. The van der Waals surface area contributed by atoms with Crippen LogP contribution in [-0.4, -0.2) is 50.9 Å². The highest BCUT2D eigenvalue weighted by molar-refractivity contribution is 7.99. The number of aromatic amines is 1. The van der Waals surface area contributed by atoms with Crippen LogP contribution in [0.4, 0.5) is 4.79 Å². The highest BCUT2D eigenvalue weighted by Gasteiger charge is 2.26. The lowest BCUT2D eigenvalue weighted by Gasteiger charge is -2.13. The second-order valence-electron chi connectivity index (χ2n) is 5.28. The summed E-state index contributed by atoms with van der Waals surface area (Å²) < 4.78 is 0. The summed E-state index contributed by atoms with van der Waals surface area (Å²) in [5.41, 5.74) is -0.106. The molecular weight excluding hydrogens is 266 g/mol. The molecule has 1 aliphatic heterocycles. The monoisotopic (exact) mass is 283 g/mol. The van der Waals surface area contributed by atoms with Crippen molar-refractivity contribution in [1.29, 1.82) is 0 Å². The highest BCUT2D eigenvalue weighted by Crippen LogP contribution is 2.21. The summed E-state index contributed by atoms with van der Waals surface area (Å²) >= 11 is 1.23. The van der Waals surface area contributed by atoms with Crippen LogP contribution in [0.3, 0.4) is 0 Å². The number of H-pyrrole nitrogens is 1. The molecule has 0 aromatic carbocycles. The van der Waals surface area contributed by atoms with Gasteiger partial charge in [0, 0.05) is 18.5 Å². The molecular formula is C11H17N5O2S. The Balaban J connectivity index is 1.90. The van der Waals surface area contributed by atoms with Crippen LogP contribution in [0.2, 0.25) is 0 Å². The molecule has 1 aromatic heterocycles. The number of hydrogen-bond donors (Lipinski definition) is 2. The quantitative estimate of drug-likeness (QED) is 0.799. The van der Waals surface area contributed by atoms with E-state index in [4.69, 9.17) is 0 Å². The van der Waals surface area contributed by atoms with Gasteiger partial charge in [-0.15, -0.1) is 5.10 Å². The second-order valence-corrected chi connectivity index (χ2v) is 6.23. The van der Waals surface area contributed by atoms with Gasteiger partial charge < -0.3 is 5.32 Å². The van der Waals surface area contributed by atoms with Gasteiger partial charge in [-0.2, -0.15) is 0 Å². The van der Waals surface area contributed by atoms with Crippen molar-refractivity contribution in [3.63, 3.8) is 0 Å². The minimum absolute atomic E-state index is 0.106. The zero-order valence-corrected chi connectivity index (χ0v) is 12.0. The highest BCUT2D eigenvalue weighted by atomic mass is 32.2. The Morgan fingerprint density at radius 2 is 2.21 bits per heavy atom. The molecule has 0 unspecified atom stereocenters. The van der Waals surface area contributed by atoms with Gasteiger partial charge in [0.25, 0.3) is 0 Å². The maximum absolute atomic E-state index is 11.8. The van der Waals surface area contributed by atoms with Crippen LogP contribution in [-0.2, 0) is 10.2 Å². The fraction of sp³-hybridized carbons (Fsp3) is 0.636. The molecule has 2 N–H and O–H groups in total. The van der Waals surface area contributed by atoms with E-state index in [1.54, 1.807) is 0 Å². The van der Waals surface area contributed by atoms with E-state index in [-0.39, 0.29) is 23.1 Å². The first-order valence-corrected chi connectivity index (χ1v) is 7.00. The van der Waals surface area contributed by atoms with Crippen LogP contribution in [0.1, 0.15) is 26.6 Å². The van der Waals surface area contributed by atoms with Crippen LogP contribution >= 0.6 is 11.8 Å². The van der Waals surface area contributed by atoms with E-state index in [9.17, 15) is 9.59 Å². The van der Waals surface area contributed by atoms with Gasteiger partial charge in [0.05, 0.1) is 5.75 Å². The average Bonchev–Trinajstić information content (AvgIpc) is 2.93. The lowest BCUT2D eigenvalue weighted by Crippen LogP contribution is -2.35. The molecule has 7 nitrogen and oxygen atoms in total. The number of rotatable bonds is 3. The number of carbonyl (C=O) groups excluding carboxylic acids is 2. The first-order chi connectivity index (χ1) is 8.88. The number of imide groups is 1. The maximum atomic E-state index is 11.8. The smallest absolute Gasteiger partial charge is 0.324 e. The van der Waals surface area contributed by atoms with E-state index in [2.05, 4.69) is 20.5 Å². The number of urea groups is 1. The minimum Gasteiger partial charge on any atom is -0.336 e. The van der Waals surface area contributed by atoms with Gasteiger partial charge in [-0.05, 0) is 0 Å². The molecule has 1 aromatic rings. The summed E-state index contributed by atoms with van der Waals surface area (Å²) in [7, 11) is 0. The van der Waals surface area contributed by atoms with Gasteiger partial charge >= 0.3 is 6.03 Å². The molecule has 2 rings (SSSR count). The van der Waals surface area contributed by atoms with Crippen LogP contribution in [0, 0.1) is 0 Å². The van der Waals surface area contributed by atoms with Crippen molar-refractivity contribution < 1.29 is 9.59 Å². The predicted octanol–water partition coefficient (Wildman–Crippen LogP) is 0.746. The summed E-state index contributed by atoms with van der Waals surface area (Å²) in [6.07, 6.45) is 0. The number of aromatic nitrogens is 3. The zero-order chi connectivity index (χ0) is 14.0. The van der Waals surface area contributed by atoms with Gasteiger partial charge in [0.2, 0.25) is 11.1 Å². The number of nitrogens with zero attached hydrogens (tertiary/aromatic N) is 3. The lowest BCUT2D eigenvalue weighted by molar-refractivity contribution is -0.124. The third kappa shape index (κ3) is 3.25. The Kier molecular flexibility index (Phi) is 3.79. The van der Waals surface area contributed by atoms with E-state index >= 15 is 0 Å². The Morgan fingerprint density at radius 3 is 2.74 bits per heavy atom. The van der Waals surface area contributed by atoms with Crippen molar-refractivity contribution in [3.05, 3.63) is 5.82 Å². The molecule has 19 heavy (non-hydrogen) atoms. The summed E-state index contributed by atoms with van der Waals surface area (Å²) in [5.74, 6) is 0.720. The first-order valence-electron chi connectivity index (χ1n) is 6.02. The van der Waals surface area contributed by atoms with Crippen molar-refractivity contribution in [2.75, 3.05) is 18.8 Å². The van der Waals surface area contributed by atoms with Gasteiger partial charge in [-0.1, -0.05) is 32.5 Å². The Hall–Kier alpha value is -1.57. The number of carbonyl (C=O) groups is 2. The van der Waals surface area contributed by atoms with Crippen molar-refractivity contribution in [2.24, 2.45) is 0 Å². The molecule has 3 amide bonds. The second kappa shape index (κ2) is 5.20. The predicted molar refractivity (Wildman–Crippen MR) is 70.9 cm³/mol.